The van der Waals surface area contributed by atoms with Crippen molar-refractivity contribution in [1.29, 1.82) is 5.26 Å². The Kier molecular flexibility index (Phi) is 3.92. The standard InChI is InChI=1S/C19H14N4O6/c20-6-11-17(22)29-15-13(25)5-9(8-24)28-16(15)19(11)10-3-1-2-4-12(10)23(18(19)27)7-14(21)26/h1-5,24H,7-8,22H2,(H2,21,26)/t19-/m1/s1. The zero-order chi connectivity index (χ0) is 20.9. The van der Waals surface area contributed by atoms with Crippen molar-refractivity contribution in [2.75, 3.05) is 11.4 Å². The Morgan fingerprint density at radius 3 is 2.69 bits per heavy atom. The third-order valence-electron chi connectivity index (χ3n) is 4.88. The summed E-state index contributed by atoms with van der Waals surface area (Å²) >= 11 is 0. The zero-order valence-electron chi connectivity index (χ0n) is 14.8. The van der Waals surface area contributed by atoms with E-state index in [0.29, 0.717) is 5.69 Å². The number of aliphatic hydroxyl groups excluding tert-OH is 1. The van der Waals surface area contributed by atoms with Crippen LogP contribution in [0.15, 0.2) is 51.0 Å². The second-order valence-electron chi connectivity index (χ2n) is 6.47. The molecule has 3 heterocycles. The predicted octanol–water partition coefficient (Wildman–Crippen LogP) is -0.664. The van der Waals surface area contributed by atoms with Crippen LogP contribution in [-0.2, 0) is 21.6 Å². The van der Waals surface area contributed by atoms with Crippen molar-refractivity contribution in [2.45, 2.75) is 12.0 Å². The van der Waals surface area contributed by atoms with Gasteiger partial charge in [0.05, 0.1) is 0 Å². The fraction of sp³-hybridized carbons (Fsp3) is 0.158. The number of benzene rings is 1. The SMILES string of the molecule is N#CC1=C(N)Oc2c(oc(CO)cc2=O)[C@]12C(=O)N(CC(N)=O)c1ccccc12. The molecule has 0 fully saturated rings. The van der Waals surface area contributed by atoms with Gasteiger partial charge >= 0.3 is 0 Å². The molecule has 0 aliphatic carbocycles. The molecule has 29 heavy (non-hydrogen) atoms. The summed E-state index contributed by atoms with van der Waals surface area (Å²) in [6.45, 7) is -1.09. The first-order chi connectivity index (χ1) is 13.9. The van der Waals surface area contributed by atoms with E-state index in [9.17, 15) is 24.8 Å². The Bertz CT molecular complexity index is 1210. The maximum Gasteiger partial charge on any atom is 0.251 e. The van der Waals surface area contributed by atoms with E-state index in [0.717, 1.165) is 11.0 Å². The van der Waals surface area contributed by atoms with E-state index in [1.807, 2.05) is 6.07 Å². The van der Waals surface area contributed by atoms with Gasteiger partial charge in [0.2, 0.25) is 23.0 Å². The lowest BCUT2D eigenvalue weighted by atomic mass is 9.72. The van der Waals surface area contributed by atoms with Crippen molar-refractivity contribution < 1.29 is 23.8 Å². The van der Waals surface area contributed by atoms with Crippen LogP contribution in [0, 0.1) is 11.3 Å². The largest absolute Gasteiger partial charge is 0.457 e. The number of nitrogens with two attached hydrogens (primary N) is 2. The van der Waals surface area contributed by atoms with Crippen LogP contribution in [0.5, 0.6) is 5.75 Å². The first-order valence-corrected chi connectivity index (χ1v) is 8.42. The topological polar surface area (TPSA) is 173 Å². The van der Waals surface area contributed by atoms with Crippen molar-refractivity contribution in [3.63, 3.8) is 0 Å². The molecule has 2 amide bonds. The Hall–Kier alpha value is -4.10. The lowest BCUT2D eigenvalue weighted by Crippen LogP contribution is -2.48. The molecule has 2 aliphatic heterocycles. The van der Waals surface area contributed by atoms with Gasteiger partial charge in [-0.3, -0.25) is 14.4 Å². The van der Waals surface area contributed by atoms with Gasteiger partial charge in [-0.1, -0.05) is 18.2 Å². The van der Waals surface area contributed by atoms with Crippen molar-refractivity contribution in [3.05, 3.63) is 69.1 Å². The first-order valence-electron chi connectivity index (χ1n) is 8.42. The number of carbonyl (C=O) groups is 2. The lowest BCUT2D eigenvalue weighted by Gasteiger charge is -2.32. The molecule has 10 heteroatoms. The summed E-state index contributed by atoms with van der Waals surface area (Å²) in [6.07, 6.45) is 0. The number of hydrogen-bond donors (Lipinski definition) is 3. The van der Waals surface area contributed by atoms with Crippen molar-refractivity contribution in [2.24, 2.45) is 11.5 Å². The predicted molar refractivity (Wildman–Crippen MR) is 97.1 cm³/mol. The van der Waals surface area contributed by atoms with Crippen LogP contribution in [0.1, 0.15) is 17.1 Å². The monoisotopic (exact) mass is 394 g/mol. The number of fused-ring (bicyclic) bond motifs is 4. The van der Waals surface area contributed by atoms with E-state index in [-0.39, 0.29) is 28.4 Å². The summed E-state index contributed by atoms with van der Waals surface area (Å²) in [4.78, 5) is 38.9. The van der Waals surface area contributed by atoms with Crippen LogP contribution in [0.4, 0.5) is 5.69 Å². The number of carbonyl (C=O) groups excluding carboxylic acids is 2. The zero-order valence-corrected chi connectivity index (χ0v) is 14.8. The van der Waals surface area contributed by atoms with Gasteiger partial charge in [-0.15, -0.1) is 0 Å². The highest BCUT2D eigenvalue weighted by atomic mass is 16.5. The summed E-state index contributed by atoms with van der Waals surface area (Å²) in [5, 5.41) is 19.3. The van der Waals surface area contributed by atoms with Crippen LogP contribution in [0.3, 0.4) is 0 Å². The Balaban J connectivity index is 2.16. The first kappa shape index (κ1) is 18.3. The van der Waals surface area contributed by atoms with Crippen molar-refractivity contribution in [3.8, 4) is 11.8 Å². The van der Waals surface area contributed by atoms with Gasteiger partial charge in [0.1, 0.15) is 30.6 Å². The highest BCUT2D eigenvalue weighted by Gasteiger charge is 2.61. The number of primary amides is 1. The number of para-hydroxylation sites is 1. The Morgan fingerprint density at radius 1 is 1.31 bits per heavy atom. The van der Waals surface area contributed by atoms with E-state index in [4.69, 9.17) is 20.6 Å². The molecule has 4 rings (SSSR count). The van der Waals surface area contributed by atoms with Crippen LogP contribution < -0.4 is 26.5 Å². The van der Waals surface area contributed by atoms with Gasteiger partial charge in [0, 0.05) is 17.3 Å². The molecule has 2 aliphatic rings. The third-order valence-corrected chi connectivity index (χ3v) is 4.88. The number of amides is 2. The van der Waals surface area contributed by atoms with E-state index in [2.05, 4.69) is 0 Å². The van der Waals surface area contributed by atoms with Crippen LogP contribution in [0.25, 0.3) is 0 Å². The molecular formula is C19H14N4O6. The second kappa shape index (κ2) is 6.22. The molecule has 0 saturated heterocycles. The quantitative estimate of drug-likeness (QED) is 0.615. The van der Waals surface area contributed by atoms with E-state index >= 15 is 0 Å². The summed E-state index contributed by atoms with van der Waals surface area (Å²) in [6, 6.07) is 9.26. The average Bonchev–Trinajstić information content (AvgIpc) is 2.92. The number of anilines is 1. The van der Waals surface area contributed by atoms with E-state index < -0.39 is 41.7 Å². The summed E-state index contributed by atoms with van der Waals surface area (Å²) in [7, 11) is 0. The normalized spacial score (nSPS) is 19.6. The molecule has 1 aromatic carbocycles. The van der Waals surface area contributed by atoms with Gasteiger partial charge in [-0.25, -0.2) is 0 Å². The van der Waals surface area contributed by atoms with Crippen LogP contribution >= 0.6 is 0 Å². The molecule has 0 radical (unpaired) electrons. The smallest absolute Gasteiger partial charge is 0.251 e. The highest BCUT2D eigenvalue weighted by molar-refractivity contribution is 6.15. The Morgan fingerprint density at radius 2 is 2.03 bits per heavy atom. The maximum absolute atomic E-state index is 13.7. The molecule has 1 atom stereocenters. The van der Waals surface area contributed by atoms with Gasteiger partial charge in [0.15, 0.2) is 11.2 Å². The molecule has 146 valence electrons. The molecule has 0 unspecified atom stereocenters. The minimum atomic E-state index is -1.96. The van der Waals surface area contributed by atoms with Crippen molar-refractivity contribution in [1.82, 2.24) is 0 Å². The molecule has 1 aromatic heterocycles. The molecule has 0 bridgehead atoms. The number of nitrogens with zero attached hydrogens (tertiary/aromatic N) is 2. The molecule has 0 saturated carbocycles. The third kappa shape index (κ3) is 2.28. The van der Waals surface area contributed by atoms with Crippen LogP contribution in [-0.4, -0.2) is 23.5 Å². The van der Waals surface area contributed by atoms with Crippen molar-refractivity contribution >= 4 is 17.5 Å². The minimum Gasteiger partial charge on any atom is -0.457 e. The highest BCUT2D eigenvalue weighted by Crippen LogP contribution is 2.54. The molecule has 5 N–H and O–H groups in total. The molecular weight excluding hydrogens is 380 g/mol. The summed E-state index contributed by atoms with van der Waals surface area (Å²) in [5.74, 6) is -2.76. The number of rotatable bonds is 3. The number of ether oxygens (including phenoxy) is 1. The number of hydrogen-bond acceptors (Lipinski definition) is 8. The lowest BCUT2D eigenvalue weighted by molar-refractivity contribution is -0.124. The fourth-order valence-electron chi connectivity index (χ4n) is 3.78. The molecule has 2 aromatic rings. The second-order valence-corrected chi connectivity index (χ2v) is 6.47. The fourth-order valence-corrected chi connectivity index (χ4v) is 3.78. The van der Waals surface area contributed by atoms with Gasteiger partial charge in [0.25, 0.3) is 5.91 Å². The van der Waals surface area contributed by atoms with Gasteiger partial charge in [-0.05, 0) is 6.07 Å². The average molecular weight is 394 g/mol. The Labute approximate surface area is 163 Å². The maximum atomic E-state index is 13.7. The number of nitriles is 1. The van der Waals surface area contributed by atoms with E-state index in [1.165, 1.54) is 0 Å². The molecule has 10 nitrogen and oxygen atoms in total. The minimum absolute atomic E-state index is 0.131. The summed E-state index contributed by atoms with van der Waals surface area (Å²) in [5.41, 5.74) is 8.85. The van der Waals surface area contributed by atoms with Gasteiger partial charge in [-0.2, -0.15) is 5.26 Å². The molecule has 1 spiro atoms. The van der Waals surface area contributed by atoms with E-state index in [1.54, 1.807) is 24.3 Å². The number of aliphatic hydroxyl groups is 1. The van der Waals surface area contributed by atoms with Crippen LogP contribution in [0.2, 0.25) is 0 Å². The summed E-state index contributed by atoms with van der Waals surface area (Å²) < 4.78 is 11.0. The van der Waals surface area contributed by atoms with Gasteiger partial charge < -0.3 is 30.6 Å².